The van der Waals surface area contributed by atoms with Gasteiger partial charge in [-0.05, 0) is 74.7 Å². The number of benzene rings is 2. The second-order valence-corrected chi connectivity index (χ2v) is 10.5. The topological polar surface area (TPSA) is 101 Å². The number of nitrogens with zero attached hydrogens (tertiary/aromatic N) is 2. The molecule has 1 atom stereocenters. The summed E-state index contributed by atoms with van der Waals surface area (Å²) in [4.78, 5) is 29.1. The number of nitrogens with one attached hydrogen (secondary N) is 1. The Morgan fingerprint density at radius 3 is 2.23 bits per heavy atom. The molecule has 40 heavy (non-hydrogen) atoms. The number of carbonyl (C=O) groups excluding carboxylic acids is 2. The first-order chi connectivity index (χ1) is 19.1. The van der Waals surface area contributed by atoms with Crippen LogP contribution in [0.2, 0.25) is 0 Å². The third-order valence-corrected chi connectivity index (χ3v) is 6.19. The molecule has 0 saturated heterocycles. The normalized spacial score (nSPS) is 12.1. The van der Waals surface area contributed by atoms with Crippen LogP contribution < -0.4 is 14.8 Å². The van der Waals surface area contributed by atoms with Gasteiger partial charge in [0.15, 0.2) is 0 Å². The molecule has 0 saturated carbocycles. The minimum atomic E-state index is -0.889. The smallest absolute Gasteiger partial charge is 0.408 e. The van der Waals surface area contributed by atoms with Crippen molar-refractivity contribution in [2.24, 2.45) is 0 Å². The van der Waals surface area contributed by atoms with E-state index in [0.717, 1.165) is 33.5 Å². The molecule has 4 aromatic rings. The van der Waals surface area contributed by atoms with Gasteiger partial charge in [-0.1, -0.05) is 24.3 Å². The summed E-state index contributed by atoms with van der Waals surface area (Å²) in [5, 5.41) is 3.53. The zero-order valence-electron chi connectivity index (χ0n) is 23.7. The van der Waals surface area contributed by atoms with E-state index >= 15 is 0 Å². The molecule has 0 radical (unpaired) electrons. The second-order valence-electron chi connectivity index (χ2n) is 10.5. The Labute approximate surface area is 234 Å². The lowest BCUT2D eigenvalue weighted by Gasteiger charge is -2.22. The van der Waals surface area contributed by atoms with Crippen molar-refractivity contribution in [2.75, 3.05) is 14.2 Å². The van der Waals surface area contributed by atoms with Crippen LogP contribution in [0.3, 0.4) is 0 Å². The fourth-order valence-electron chi connectivity index (χ4n) is 4.36. The van der Waals surface area contributed by atoms with E-state index in [-0.39, 0.29) is 6.42 Å². The van der Waals surface area contributed by atoms with Crippen molar-refractivity contribution in [3.8, 4) is 17.2 Å². The molecule has 9 heteroatoms. The zero-order chi connectivity index (χ0) is 28.9. The maximum Gasteiger partial charge on any atom is 0.408 e. The van der Waals surface area contributed by atoms with Gasteiger partial charge in [0, 0.05) is 25.4 Å². The molecule has 0 aliphatic rings. The number of aromatic nitrogens is 2. The SMILES string of the molecule is COC(=O)C(Cc1ccc(Oc2ccnc3c2c(C)cn3Cc2ccc(OC)cc2)cc1)NC(=O)OC(C)(C)C. The highest BCUT2D eigenvalue weighted by Gasteiger charge is 2.25. The van der Waals surface area contributed by atoms with Crippen LogP contribution in [0.5, 0.6) is 17.2 Å². The average molecular weight is 546 g/mol. The number of hydrogen-bond donors (Lipinski definition) is 1. The average Bonchev–Trinajstić information content (AvgIpc) is 3.24. The van der Waals surface area contributed by atoms with Crippen molar-refractivity contribution in [1.29, 1.82) is 0 Å². The zero-order valence-corrected chi connectivity index (χ0v) is 23.7. The quantitative estimate of drug-likeness (QED) is 0.265. The molecule has 1 N–H and O–H groups in total. The Kier molecular flexibility index (Phi) is 8.62. The number of ether oxygens (including phenoxy) is 4. The largest absolute Gasteiger partial charge is 0.497 e. The van der Waals surface area contributed by atoms with Gasteiger partial charge < -0.3 is 28.8 Å². The van der Waals surface area contributed by atoms with Crippen molar-refractivity contribution >= 4 is 23.1 Å². The minimum absolute atomic E-state index is 0.235. The van der Waals surface area contributed by atoms with Gasteiger partial charge in [-0.2, -0.15) is 0 Å². The van der Waals surface area contributed by atoms with Gasteiger partial charge in [-0.3, -0.25) is 0 Å². The highest BCUT2D eigenvalue weighted by molar-refractivity contribution is 5.87. The van der Waals surface area contributed by atoms with E-state index in [2.05, 4.69) is 21.1 Å². The van der Waals surface area contributed by atoms with Crippen LogP contribution in [-0.4, -0.2) is 47.5 Å². The number of aryl methyl sites for hydroxylation is 1. The molecular formula is C31H35N3O6. The van der Waals surface area contributed by atoms with Crippen LogP contribution in [0.1, 0.15) is 37.5 Å². The lowest BCUT2D eigenvalue weighted by atomic mass is 10.1. The molecule has 0 aliphatic carbocycles. The Balaban J connectivity index is 1.48. The molecule has 0 aliphatic heterocycles. The van der Waals surface area contributed by atoms with E-state index in [1.54, 1.807) is 34.1 Å². The number of alkyl carbamates (subject to hydrolysis) is 1. The third-order valence-electron chi connectivity index (χ3n) is 6.19. The third kappa shape index (κ3) is 7.11. The molecule has 2 heterocycles. The fourth-order valence-corrected chi connectivity index (χ4v) is 4.36. The maximum atomic E-state index is 12.3. The Hall–Kier alpha value is -4.53. The first-order valence-corrected chi connectivity index (χ1v) is 13.0. The van der Waals surface area contributed by atoms with E-state index in [0.29, 0.717) is 18.0 Å². The van der Waals surface area contributed by atoms with Crippen molar-refractivity contribution in [2.45, 2.75) is 52.3 Å². The van der Waals surface area contributed by atoms with Crippen LogP contribution in [0.25, 0.3) is 11.0 Å². The summed E-state index contributed by atoms with van der Waals surface area (Å²) < 4.78 is 23.8. The molecular weight excluding hydrogens is 510 g/mol. The van der Waals surface area contributed by atoms with E-state index < -0.39 is 23.7 Å². The molecule has 210 valence electrons. The van der Waals surface area contributed by atoms with Gasteiger partial charge in [0.05, 0.1) is 19.6 Å². The van der Waals surface area contributed by atoms with E-state index in [9.17, 15) is 9.59 Å². The van der Waals surface area contributed by atoms with E-state index in [4.69, 9.17) is 18.9 Å². The maximum absolute atomic E-state index is 12.3. The second kappa shape index (κ2) is 12.1. The molecule has 0 spiro atoms. The summed E-state index contributed by atoms with van der Waals surface area (Å²) in [6.45, 7) is 7.97. The van der Waals surface area contributed by atoms with Crippen molar-refractivity contribution in [1.82, 2.24) is 14.9 Å². The Bertz CT molecular complexity index is 1470. The van der Waals surface area contributed by atoms with Gasteiger partial charge in [0.25, 0.3) is 0 Å². The standard InChI is InChI=1S/C31H35N3O6/c1-20-18-34(19-22-9-11-23(37-5)12-10-22)28-27(20)26(15-16-32-28)39-24-13-7-21(8-14-24)17-25(29(35)38-6)33-30(36)40-31(2,3)4/h7-16,18,25H,17,19H2,1-6H3,(H,33,36). The van der Waals surface area contributed by atoms with Gasteiger partial charge in [-0.25, -0.2) is 14.6 Å². The number of amides is 1. The van der Waals surface area contributed by atoms with Crippen molar-refractivity contribution in [3.05, 3.63) is 83.7 Å². The molecule has 1 unspecified atom stereocenters. The minimum Gasteiger partial charge on any atom is -0.497 e. The van der Waals surface area contributed by atoms with Crippen LogP contribution in [0, 0.1) is 6.92 Å². The summed E-state index contributed by atoms with van der Waals surface area (Å²) in [5.41, 5.74) is 3.15. The number of pyridine rings is 1. The summed E-state index contributed by atoms with van der Waals surface area (Å²) in [7, 11) is 2.94. The summed E-state index contributed by atoms with van der Waals surface area (Å²) in [6, 6.07) is 16.3. The monoisotopic (exact) mass is 545 g/mol. The van der Waals surface area contributed by atoms with E-state index in [1.165, 1.54) is 7.11 Å². The highest BCUT2D eigenvalue weighted by Crippen LogP contribution is 2.33. The lowest BCUT2D eigenvalue weighted by Crippen LogP contribution is -2.45. The Morgan fingerprint density at radius 1 is 0.950 bits per heavy atom. The molecule has 9 nitrogen and oxygen atoms in total. The molecule has 1 amide bonds. The predicted molar refractivity (Wildman–Crippen MR) is 152 cm³/mol. The van der Waals surface area contributed by atoms with Crippen LogP contribution >= 0.6 is 0 Å². The predicted octanol–water partition coefficient (Wildman–Crippen LogP) is 5.80. The van der Waals surface area contributed by atoms with Gasteiger partial charge in [0.1, 0.15) is 34.5 Å². The number of esters is 1. The fraction of sp³-hybridized carbons (Fsp3) is 0.323. The van der Waals surface area contributed by atoms with Gasteiger partial charge in [0.2, 0.25) is 0 Å². The molecule has 2 aromatic heterocycles. The lowest BCUT2D eigenvalue weighted by molar-refractivity contribution is -0.143. The molecule has 0 bridgehead atoms. The highest BCUT2D eigenvalue weighted by atomic mass is 16.6. The molecule has 2 aromatic carbocycles. The number of carbonyl (C=O) groups is 2. The van der Waals surface area contributed by atoms with Crippen LogP contribution in [0.15, 0.2) is 67.0 Å². The summed E-state index contributed by atoms with van der Waals surface area (Å²) in [6.07, 6.45) is 3.36. The Morgan fingerprint density at radius 2 is 1.60 bits per heavy atom. The van der Waals surface area contributed by atoms with E-state index in [1.807, 2.05) is 61.5 Å². The van der Waals surface area contributed by atoms with Gasteiger partial charge >= 0.3 is 12.1 Å². The first kappa shape index (κ1) is 28.5. The number of rotatable bonds is 9. The van der Waals surface area contributed by atoms with Crippen LogP contribution in [0.4, 0.5) is 4.79 Å². The van der Waals surface area contributed by atoms with Crippen molar-refractivity contribution in [3.63, 3.8) is 0 Å². The van der Waals surface area contributed by atoms with Crippen LogP contribution in [-0.2, 0) is 27.2 Å². The number of hydrogen-bond acceptors (Lipinski definition) is 7. The molecule has 4 rings (SSSR count). The summed E-state index contributed by atoms with van der Waals surface area (Å²) in [5.74, 6) is 1.59. The summed E-state index contributed by atoms with van der Waals surface area (Å²) >= 11 is 0. The first-order valence-electron chi connectivity index (χ1n) is 13.0. The van der Waals surface area contributed by atoms with Crippen molar-refractivity contribution < 1.29 is 28.5 Å². The number of methoxy groups -OCH3 is 2. The number of fused-ring (bicyclic) bond motifs is 1. The molecule has 0 fully saturated rings. The van der Waals surface area contributed by atoms with Gasteiger partial charge in [-0.15, -0.1) is 0 Å².